The Morgan fingerprint density at radius 1 is 0.905 bits per heavy atom. The quantitative estimate of drug-likeness (QED) is 0.507. The number of nitrogens with zero attached hydrogens (tertiary/aromatic N) is 2. The smallest absolute Gasteiger partial charge is 0.320 e. The lowest BCUT2D eigenvalue weighted by molar-refractivity contribution is -0.147. The summed E-state index contributed by atoms with van der Waals surface area (Å²) in [4.78, 5) is 36.6. The molecule has 0 aliphatic carbocycles. The molecule has 122 valence electrons. The van der Waals surface area contributed by atoms with Gasteiger partial charge in [-0.25, -0.2) is 0 Å². The van der Waals surface area contributed by atoms with E-state index in [9.17, 15) is 14.4 Å². The molecule has 0 aromatic heterocycles. The third-order valence-corrected chi connectivity index (χ3v) is 2.52. The maximum atomic E-state index is 11.4. The molecular formula is C13H24N2O6. The Balaban J connectivity index is 4.24. The number of carboxylic acid groups (broad SMARTS) is 1. The topological polar surface area (TPSA) is 96.4 Å². The number of likely N-dealkylation sites (N-methyl/N-ethyl adjacent to an activating group) is 1. The van der Waals surface area contributed by atoms with Crippen LogP contribution in [0.2, 0.25) is 0 Å². The molecule has 0 aliphatic heterocycles. The lowest BCUT2D eigenvalue weighted by atomic mass is 10.4. The van der Waals surface area contributed by atoms with Crippen LogP contribution in [0, 0.1) is 0 Å². The summed E-state index contributed by atoms with van der Waals surface area (Å²) in [6.45, 7) is 4.53. The summed E-state index contributed by atoms with van der Waals surface area (Å²) >= 11 is 0. The number of rotatable bonds is 11. The molecule has 1 N–H and O–H groups in total. The van der Waals surface area contributed by atoms with Crippen LogP contribution in [-0.2, 0) is 23.9 Å². The third-order valence-electron chi connectivity index (χ3n) is 2.52. The summed E-state index contributed by atoms with van der Waals surface area (Å²) in [5.41, 5.74) is 0. The summed E-state index contributed by atoms with van der Waals surface area (Å²) in [5, 5.41) is 8.83. The van der Waals surface area contributed by atoms with Crippen LogP contribution in [-0.4, -0.2) is 85.8 Å². The average molecular weight is 304 g/mol. The van der Waals surface area contributed by atoms with E-state index < -0.39 is 11.9 Å². The number of carboxylic acids is 1. The maximum Gasteiger partial charge on any atom is 0.320 e. The van der Waals surface area contributed by atoms with Crippen molar-refractivity contribution in [2.45, 2.75) is 13.8 Å². The Bertz CT molecular complexity index is 348. The normalized spacial score (nSPS) is 10.7. The van der Waals surface area contributed by atoms with Crippen molar-refractivity contribution in [3.63, 3.8) is 0 Å². The second-order valence-electron chi connectivity index (χ2n) is 4.45. The molecule has 0 bridgehead atoms. The minimum absolute atomic E-state index is 0.0899. The SMILES string of the molecule is CCOC(=O)CN(C)CCN(CC(=O)O)CC(=O)OCC. The molecule has 0 amide bonds. The Hall–Kier alpha value is -1.67. The van der Waals surface area contributed by atoms with E-state index in [1.54, 1.807) is 25.8 Å². The molecular weight excluding hydrogens is 280 g/mol. The van der Waals surface area contributed by atoms with Gasteiger partial charge in [0.05, 0.1) is 32.8 Å². The van der Waals surface area contributed by atoms with Crippen LogP contribution in [0.5, 0.6) is 0 Å². The Labute approximate surface area is 124 Å². The van der Waals surface area contributed by atoms with Crippen molar-refractivity contribution in [3.05, 3.63) is 0 Å². The van der Waals surface area contributed by atoms with Gasteiger partial charge in [0, 0.05) is 13.1 Å². The first-order valence-corrected chi connectivity index (χ1v) is 6.82. The van der Waals surface area contributed by atoms with E-state index in [0.717, 1.165) is 0 Å². The molecule has 0 radical (unpaired) electrons. The van der Waals surface area contributed by atoms with Gasteiger partial charge in [-0.3, -0.25) is 24.2 Å². The van der Waals surface area contributed by atoms with Crippen LogP contribution in [0.4, 0.5) is 0 Å². The number of hydrogen-bond acceptors (Lipinski definition) is 7. The molecule has 0 heterocycles. The van der Waals surface area contributed by atoms with E-state index in [1.165, 1.54) is 4.90 Å². The van der Waals surface area contributed by atoms with E-state index in [1.807, 2.05) is 0 Å². The highest BCUT2D eigenvalue weighted by Crippen LogP contribution is 1.94. The minimum Gasteiger partial charge on any atom is -0.480 e. The van der Waals surface area contributed by atoms with Gasteiger partial charge < -0.3 is 14.6 Å². The van der Waals surface area contributed by atoms with E-state index in [0.29, 0.717) is 19.7 Å². The molecule has 0 saturated carbocycles. The molecule has 0 aliphatic rings. The van der Waals surface area contributed by atoms with Gasteiger partial charge in [0.2, 0.25) is 0 Å². The van der Waals surface area contributed by atoms with E-state index in [2.05, 4.69) is 0 Å². The summed E-state index contributed by atoms with van der Waals surface area (Å²) in [7, 11) is 1.72. The molecule has 0 saturated heterocycles. The first-order chi connectivity index (χ1) is 9.88. The van der Waals surface area contributed by atoms with Crippen LogP contribution >= 0.6 is 0 Å². The van der Waals surface area contributed by atoms with Crippen molar-refractivity contribution in [1.82, 2.24) is 9.80 Å². The molecule has 8 nitrogen and oxygen atoms in total. The predicted molar refractivity (Wildman–Crippen MR) is 74.8 cm³/mol. The third kappa shape index (κ3) is 10.7. The zero-order chi connectivity index (χ0) is 16.3. The monoisotopic (exact) mass is 304 g/mol. The molecule has 21 heavy (non-hydrogen) atoms. The summed E-state index contributed by atoms with van der Waals surface area (Å²) in [6, 6.07) is 0. The van der Waals surface area contributed by atoms with Gasteiger partial charge in [-0.2, -0.15) is 0 Å². The van der Waals surface area contributed by atoms with Crippen molar-refractivity contribution in [2.75, 3.05) is 53.0 Å². The van der Waals surface area contributed by atoms with Crippen LogP contribution in [0.3, 0.4) is 0 Å². The number of carbonyl (C=O) groups is 3. The molecule has 0 atom stereocenters. The van der Waals surface area contributed by atoms with Crippen LogP contribution in [0.1, 0.15) is 13.8 Å². The van der Waals surface area contributed by atoms with E-state index >= 15 is 0 Å². The second-order valence-corrected chi connectivity index (χ2v) is 4.45. The molecule has 0 unspecified atom stereocenters. The van der Waals surface area contributed by atoms with E-state index in [-0.39, 0.29) is 32.2 Å². The van der Waals surface area contributed by atoms with Crippen molar-refractivity contribution in [2.24, 2.45) is 0 Å². The van der Waals surface area contributed by atoms with Crippen LogP contribution in [0.15, 0.2) is 0 Å². The van der Waals surface area contributed by atoms with E-state index in [4.69, 9.17) is 14.6 Å². The number of aliphatic carboxylic acids is 1. The van der Waals surface area contributed by atoms with Gasteiger partial charge in [-0.1, -0.05) is 0 Å². The van der Waals surface area contributed by atoms with Gasteiger partial charge in [-0.15, -0.1) is 0 Å². The van der Waals surface area contributed by atoms with Gasteiger partial charge in [0.1, 0.15) is 0 Å². The molecule has 0 aromatic carbocycles. The maximum absolute atomic E-state index is 11.4. The lowest BCUT2D eigenvalue weighted by Crippen LogP contribution is -2.41. The molecule has 8 heteroatoms. The highest BCUT2D eigenvalue weighted by molar-refractivity contribution is 5.74. The fourth-order valence-corrected chi connectivity index (χ4v) is 1.61. The fraction of sp³-hybridized carbons (Fsp3) is 0.769. The van der Waals surface area contributed by atoms with Crippen molar-refractivity contribution < 1.29 is 29.0 Å². The Kier molecular flexibility index (Phi) is 10.2. The first-order valence-electron chi connectivity index (χ1n) is 6.82. The zero-order valence-electron chi connectivity index (χ0n) is 12.8. The van der Waals surface area contributed by atoms with Crippen molar-refractivity contribution in [1.29, 1.82) is 0 Å². The summed E-state index contributed by atoms with van der Waals surface area (Å²) in [6.07, 6.45) is 0. The molecule has 0 rings (SSSR count). The van der Waals surface area contributed by atoms with Gasteiger partial charge in [0.25, 0.3) is 0 Å². The predicted octanol–water partition coefficient (Wildman–Crippen LogP) is -0.569. The number of hydrogen-bond donors (Lipinski definition) is 1. The Morgan fingerprint density at radius 3 is 1.90 bits per heavy atom. The standard InChI is InChI=1S/C13H24N2O6/c1-4-20-12(18)9-14(3)6-7-15(8-11(16)17)10-13(19)21-5-2/h4-10H2,1-3H3,(H,16,17). The van der Waals surface area contributed by atoms with Crippen molar-refractivity contribution in [3.8, 4) is 0 Å². The second kappa shape index (κ2) is 11.0. The average Bonchev–Trinajstić information content (AvgIpc) is 2.35. The summed E-state index contributed by atoms with van der Waals surface area (Å²) < 4.78 is 9.61. The zero-order valence-corrected chi connectivity index (χ0v) is 12.8. The molecule has 0 aromatic rings. The van der Waals surface area contributed by atoms with Gasteiger partial charge >= 0.3 is 17.9 Å². The Morgan fingerprint density at radius 2 is 1.43 bits per heavy atom. The fourth-order valence-electron chi connectivity index (χ4n) is 1.61. The first kappa shape index (κ1) is 19.3. The lowest BCUT2D eigenvalue weighted by Gasteiger charge is -2.22. The minimum atomic E-state index is -1.02. The highest BCUT2D eigenvalue weighted by atomic mass is 16.5. The van der Waals surface area contributed by atoms with Crippen LogP contribution in [0.25, 0.3) is 0 Å². The number of esters is 2. The largest absolute Gasteiger partial charge is 0.480 e. The van der Waals surface area contributed by atoms with Gasteiger partial charge in [0.15, 0.2) is 0 Å². The van der Waals surface area contributed by atoms with Gasteiger partial charge in [-0.05, 0) is 20.9 Å². The number of ether oxygens (including phenoxy) is 2. The highest BCUT2D eigenvalue weighted by Gasteiger charge is 2.16. The molecule has 0 spiro atoms. The van der Waals surface area contributed by atoms with Crippen LogP contribution < -0.4 is 0 Å². The molecule has 0 fully saturated rings. The summed E-state index contributed by atoms with van der Waals surface area (Å²) in [5.74, 6) is -1.82. The van der Waals surface area contributed by atoms with Crippen molar-refractivity contribution >= 4 is 17.9 Å². The number of carbonyl (C=O) groups excluding carboxylic acids is 2.